The molecule has 3 atom stereocenters. The fourth-order valence-electron chi connectivity index (χ4n) is 5.73. The minimum Gasteiger partial charge on any atom is -0.316 e. The van der Waals surface area contributed by atoms with Gasteiger partial charge in [0.15, 0.2) is 0 Å². The predicted molar refractivity (Wildman–Crippen MR) is 70.8 cm³/mol. The summed E-state index contributed by atoms with van der Waals surface area (Å²) in [4.78, 5) is 0. The number of rotatable bonds is 3. The van der Waals surface area contributed by atoms with E-state index in [0.717, 1.165) is 29.1 Å². The number of nitrogens with one attached hydrogen (secondary N) is 1. The molecule has 4 fully saturated rings. The standard InChI is InChI=1S/C16H27N/c1-2-4-15(3-1)16(10-17-11-16)9-14-8-12-5-6-13(14)7-12/h12-15,17H,1-11H2. The van der Waals surface area contributed by atoms with Crippen LogP contribution in [0.25, 0.3) is 0 Å². The molecule has 0 aromatic carbocycles. The minimum absolute atomic E-state index is 0.756. The lowest BCUT2D eigenvalue weighted by Crippen LogP contribution is -2.58. The van der Waals surface area contributed by atoms with Crippen LogP contribution in [0.4, 0.5) is 0 Å². The second-order valence-electron chi connectivity index (χ2n) is 7.59. The van der Waals surface area contributed by atoms with Gasteiger partial charge in [0.2, 0.25) is 0 Å². The van der Waals surface area contributed by atoms with Gasteiger partial charge in [-0.1, -0.05) is 19.3 Å². The van der Waals surface area contributed by atoms with Crippen molar-refractivity contribution in [2.75, 3.05) is 13.1 Å². The zero-order chi connectivity index (χ0) is 11.3. The Morgan fingerprint density at radius 3 is 2.29 bits per heavy atom. The van der Waals surface area contributed by atoms with Gasteiger partial charge in [0.25, 0.3) is 0 Å². The van der Waals surface area contributed by atoms with Crippen molar-refractivity contribution in [2.24, 2.45) is 29.1 Å². The van der Waals surface area contributed by atoms with Crippen molar-refractivity contribution in [1.29, 1.82) is 0 Å². The Balaban J connectivity index is 1.45. The van der Waals surface area contributed by atoms with Crippen molar-refractivity contribution in [3.8, 4) is 0 Å². The third-order valence-electron chi connectivity index (χ3n) is 6.73. The molecule has 1 saturated heterocycles. The molecule has 1 heteroatoms. The highest BCUT2D eigenvalue weighted by Crippen LogP contribution is 2.55. The van der Waals surface area contributed by atoms with Crippen LogP contribution in [0, 0.1) is 29.1 Å². The summed E-state index contributed by atoms with van der Waals surface area (Å²) in [5.74, 6) is 4.48. The smallest absolute Gasteiger partial charge is 0.00230 e. The molecule has 0 aromatic heterocycles. The summed E-state index contributed by atoms with van der Waals surface area (Å²) in [5.41, 5.74) is 0.756. The van der Waals surface area contributed by atoms with E-state index in [1.165, 1.54) is 25.9 Å². The number of hydrogen-bond donors (Lipinski definition) is 1. The molecule has 1 N–H and O–H groups in total. The highest BCUT2D eigenvalue weighted by atomic mass is 15.0. The van der Waals surface area contributed by atoms with Gasteiger partial charge in [0.05, 0.1) is 0 Å². The second kappa shape index (κ2) is 3.98. The Bertz CT molecular complexity index is 288. The SMILES string of the molecule is C1CCC(C2(CC3CC4CCC3C4)CNC2)C1. The monoisotopic (exact) mass is 233 g/mol. The molecule has 4 aliphatic rings. The molecular weight excluding hydrogens is 206 g/mol. The molecule has 1 nitrogen and oxygen atoms in total. The third-order valence-corrected chi connectivity index (χ3v) is 6.73. The first-order chi connectivity index (χ1) is 8.36. The first-order valence-electron chi connectivity index (χ1n) is 8.06. The van der Waals surface area contributed by atoms with Gasteiger partial charge in [-0.05, 0) is 67.6 Å². The van der Waals surface area contributed by atoms with Gasteiger partial charge in [-0.3, -0.25) is 0 Å². The van der Waals surface area contributed by atoms with Gasteiger partial charge in [0, 0.05) is 13.1 Å². The maximum Gasteiger partial charge on any atom is 0.00230 e. The van der Waals surface area contributed by atoms with Crippen LogP contribution < -0.4 is 5.32 Å². The van der Waals surface area contributed by atoms with Crippen LogP contribution in [0.15, 0.2) is 0 Å². The molecule has 0 aromatic rings. The van der Waals surface area contributed by atoms with Gasteiger partial charge >= 0.3 is 0 Å². The van der Waals surface area contributed by atoms with Crippen molar-refractivity contribution in [3.63, 3.8) is 0 Å². The van der Waals surface area contributed by atoms with Crippen molar-refractivity contribution in [1.82, 2.24) is 5.32 Å². The first-order valence-corrected chi connectivity index (χ1v) is 8.06. The first kappa shape index (κ1) is 10.8. The minimum atomic E-state index is 0.756. The summed E-state index contributed by atoms with van der Waals surface area (Å²) in [6, 6.07) is 0. The molecular formula is C16H27N. The van der Waals surface area contributed by atoms with E-state index in [2.05, 4.69) is 5.32 Å². The molecule has 3 unspecified atom stereocenters. The Morgan fingerprint density at radius 2 is 1.76 bits per heavy atom. The van der Waals surface area contributed by atoms with Crippen LogP contribution in [0.1, 0.15) is 57.8 Å². The van der Waals surface area contributed by atoms with Crippen LogP contribution in [-0.2, 0) is 0 Å². The van der Waals surface area contributed by atoms with Gasteiger partial charge in [-0.2, -0.15) is 0 Å². The summed E-state index contributed by atoms with van der Waals surface area (Å²) in [5, 5.41) is 3.60. The van der Waals surface area contributed by atoms with Crippen LogP contribution in [-0.4, -0.2) is 13.1 Å². The molecule has 17 heavy (non-hydrogen) atoms. The lowest BCUT2D eigenvalue weighted by Gasteiger charge is -2.50. The van der Waals surface area contributed by atoms with Crippen molar-refractivity contribution < 1.29 is 0 Å². The van der Waals surface area contributed by atoms with E-state index in [1.54, 1.807) is 44.9 Å². The highest BCUT2D eigenvalue weighted by Gasteiger charge is 2.49. The van der Waals surface area contributed by atoms with Crippen LogP contribution in [0.5, 0.6) is 0 Å². The average molecular weight is 233 g/mol. The fourth-order valence-corrected chi connectivity index (χ4v) is 5.73. The Morgan fingerprint density at radius 1 is 0.941 bits per heavy atom. The topological polar surface area (TPSA) is 12.0 Å². The predicted octanol–water partition coefficient (Wildman–Crippen LogP) is 3.59. The van der Waals surface area contributed by atoms with Gasteiger partial charge in [-0.15, -0.1) is 0 Å². The quantitative estimate of drug-likeness (QED) is 0.785. The molecule has 2 bridgehead atoms. The zero-order valence-corrected chi connectivity index (χ0v) is 11.1. The van der Waals surface area contributed by atoms with E-state index in [4.69, 9.17) is 0 Å². The molecule has 4 rings (SSSR count). The Kier molecular flexibility index (Phi) is 2.54. The summed E-state index contributed by atoms with van der Waals surface area (Å²) >= 11 is 0. The lowest BCUT2D eigenvalue weighted by molar-refractivity contribution is 0.0377. The van der Waals surface area contributed by atoms with E-state index in [9.17, 15) is 0 Å². The van der Waals surface area contributed by atoms with Crippen molar-refractivity contribution in [3.05, 3.63) is 0 Å². The van der Waals surface area contributed by atoms with Crippen LogP contribution in [0.3, 0.4) is 0 Å². The maximum absolute atomic E-state index is 3.60. The number of hydrogen-bond acceptors (Lipinski definition) is 1. The van der Waals surface area contributed by atoms with Crippen LogP contribution >= 0.6 is 0 Å². The van der Waals surface area contributed by atoms with E-state index >= 15 is 0 Å². The molecule has 1 aliphatic heterocycles. The number of fused-ring (bicyclic) bond motifs is 2. The normalized spacial score (nSPS) is 44.1. The van der Waals surface area contributed by atoms with Crippen molar-refractivity contribution in [2.45, 2.75) is 57.8 Å². The van der Waals surface area contributed by atoms with Crippen molar-refractivity contribution >= 4 is 0 Å². The van der Waals surface area contributed by atoms with Crippen LogP contribution in [0.2, 0.25) is 0 Å². The average Bonchev–Trinajstić information content (AvgIpc) is 2.99. The molecule has 1 heterocycles. The maximum atomic E-state index is 3.60. The summed E-state index contributed by atoms with van der Waals surface area (Å²) in [6.45, 7) is 2.71. The molecule has 3 aliphatic carbocycles. The molecule has 0 spiro atoms. The van der Waals surface area contributed by atoms with E-state index in [-0.39, 0.29) is 0 Å². The highest BCUT2D eigenvalue weighted by molar-refractivity contribution is 5.02. The summed E-state index contributed by atoms with van der Waals surface area (Å²) < 4.78 is 0. The zero-order valence-electron chi connectivity index (χ0n) is 11.1. The summed E-state index contributed by atoms with van der Waals surface area (Å²) in [7, 11) is 0. The Hall–Kier alpha value is -0.0400. The fraction of sp³-hybridized carbons (Fsp3) is 1.00. The molecule has 0 radical (unpaired) electrons. The molecule has 3 saturated carbocycles. The lowest BCUT2D eigenvalue weighted by atomic mass is 9.63. The molecule has 96 valence electrons. The molecule has 0 amide bonds. The largest absolute Gasteiger partial charge is 0.316 e. The van der Waals surface area contributed by atoms with E-state index in [0.29, 0.717) is 0 Å². The second-order valence-corrected chi connectivity index (χ2v) is 7.59. The van der Waals surface area contributed by atoms with E-state index < -0.39 is 0 Å². The van der Waals surface area contributed by atoms with Gasteiger partial charge in [0.1, 0.15) is 0 Å². The Labute approximate surface area is 106 Å². The van der Waals surface area contributed by atoms with Gasteiger partial charge in [-0.25, -0.2) is 0 Å². The van der Waals surface area contributed by atoms with Gasteiger partial charge < -0.3 is 5.32 Å². The third kappa shape index (κ3) is 1.69. The summed E-state index contributed by atoms with van der Waals surface area (Å²) in [6.07, 6.45) is 14.0. The van der Waals surface area contributed by atoms with E-state index in [1.807, 2.05) is 0 Å².